The van der Waals surface area contributed by atoms with Crippen molar-refractivity contribution < 1.29 is 13.5 Å². The van der Waals surface area contributed by atoms with E-state index in [9.17, 15) is 13.5 Å². The maximum absolute atomic E-state index is 12.5. The number of hydrogen-bond donors (Lipinski definition) is 2. The molecular weight excluding hydrogens is 312 g/mol. The first kappa shape index (κ1) is 15.6. The summed E-state index contributed by atoms with van der Waals surface area (Å²) in [4.78, 5) is -0.0227. The van der Waals surface area contributed by atoms with Gasteiger partial charge in [-0.15, -0.1) is 0 Å². The summed E-state index contributed by atoms with van der Waals surface area (Å²) < 4.78 is 26.2. The molecule has 0 spiro atoms. The molecule has 0 atom stereocenters. The van der Waals surface area contributed by atoms with Gasteiger partial charge in [0.15, 0.2) is 0 Å². The van der Waals surface area contributed by atoms with Gasteiger partial charge < -0.3 is 10.8 Å². The number of phenolic OH excluding ortho intramolecular Hbond substituents is 1. The van der Waals surface area contributed by atoms with E-state index in [4.69, 9.17) is 17.3 Å². The van der Waals surface area contributed by atoms with Crippen LogP contribution in [-0.2, 0) is 16.6 Å². The van der Waals surface area contributed by atoms with Crippen molar-refractivity contribution in [3.05, 3.63) is 53.1 Å². The van der Waals surface area contributed by atoms with E-state index in [0.29, 0.717) is 5.69 Å². The van der Waals surface area contributed by atoms with Crippen LogP contribution in [0.25, 0.3) is 0 Å². The number of nitrogens with two attached hydrogens (primary N) is 1. The maximum atomic E-state index is 12.5. The van der Waals surface area contributed by atoms with Crippen molar-refractivity contribution in [2.24, 2.45) is 0 Å². The third-order valence-electron chi connectivity index (χ3n) is 2.99. The molecular formula is C14H15ClN2O3S. The van der Waals surface area contributed by atoms with Crippen molar-refractivity contribution in [1.29, 1.82) is 0 Å². The zero-order chi connectivity index (χ0) is 15.6. The summed E-state index contributed by atoms with van der Waals surface area (Å²) in [6, 6.07) is 10.7. The van der Waals surface area contributed by atoms with Crippen molar-refractivity contribution in [2.75, 3.05) is 12.8 Å². The molecule has 0 aliphatic heterocycles. The summed E-state index contributed by atoms with van der Waals surface area (Å²) >= 11 is 5.95. The van der Waals surface area contributed by atoms with Crippen LogP contribution in [0, 0.1) is 0 Å². The van der Waals surface area contributed by atoms with Gasteiger partial charge in [0, 0.05) is 19.3 Å². The molecule has 2 aromatic carbocycles. The molecule has 0 amide bonds. The van der Waals surface area contributed by atoms with Crippen LogP contribution < -0.4 is 5.73 Å². The minimum Gasteiger partial charge on any atom is -0.508 e. The average Bonchev–Trinajstić information content (AvgIpc) is 2.43. The fraction of sp³-hybridized carbons (Fsp3) is 0.143. The highest BCUT2D eigenvalue weighted by atomic mass is 35.5. The van der Waals surface area contributed by atoms with Crippen LogP contribution in [0.15, 0.2) is 47.4 Å². The number of sulfonamides is 1. The first-order valence-corrected chi connectivity index (χ1v) is 7.92. The van der Waals surface area contributed by atoms with Crippen LogP contribution in [0.2, 0.25) is 5.02 Å². The molecule has 0 aliphatic carbocycles. The third-order valence-corrected chi connectivity index (χ3v) is 5.27. The summed E-state index contributed by atoms with van der Waals surface area (Å²) in [5, 5.41) is 9.36. The monoisotopic (exact) mass is 326 g/mol. The molecule has 0 bridgehead atoms. The molecule has 0 radical (unpaired) electrons. The third kappa shape index (κ3) is 3.47. The molecule has 0 aliphatic rings. The second-order valence-corrected chi connectivity index (χ2v) is 7.04. The molecule has 0 aromatic heterocycles. The number of nitrogen functional groups attached to an aromatic ring is 1. The van der Waals surface area contributed by atoms with Crippen LogP contribution >= 0.6 is 11.6 Å². The zero-order valence-electron chi connectivity index (χ0n) is 11.3. The summed E-state index contributed by atoms with van der Waals surface area (Å²) in [5.74, 6) is 0.128. The van der Waals surface area contributed by atoms with Crippen LogP contribution in [0.4, 0.5) is 5.69 Å². The van der Waals surface area contributed by atoms with Gasteiger partial charge in [-0.2, -0.15) is 4.31 Å². The Morgan fingerprint density at radius 3 is 2.43 bits per heavy atom. The molecule has 7 heteroatoms. The minimum atomic E-state index is -3.74. The van der Waals surface area contributed by atoms with E-state index < -0.39 is 10.0 Å². The Morgan fingerprint density at radius 1 is 1.19 bits per heavy atom. The van der Waals surface area contributed by atoms with Crippen molar-refractivity contribution in [2.45, 2.75) is 11.4 Å². The summed E-state index contributed by atoms with van der Waals surface area (Å²) in [7, 11) is -2.28. The van der Waals surface area contributed by atoms with Gasteiger partial charge >= 0.3 is 0 Å². The number of rotatable bonds is 4. The molecule has 21 heavy (non-hydrogen) atoms. The smallest absolute Gasteiger partial charge is 0.244 e. The quantitative estimate of drug-likeness (QED) is 0.845. The van der Waals surface area contributed by atoms with Crippen molar-refractivity contribution in [1.82, 2.24) is 4.31 Å². The van der Waals surface area contributed by atoms with E-state index >= 15 is 0 Å². The molecule has 2 aromatic rings. The Balaban J connectivity index is 2.30. The Labute approximate surface area is 128 Å². The highest BCUT2D eigenvalue weighted by molar-refractivity contribution is 7.89. The number of halogens is 1. The van der Waals surface area contributed by atoms with Crippen LogP contribution in [-0.4, -0.2) is 24.9 Å². The molecule has 0 heterocycles. The second-order valence-electron chi connectivity index (χ2n) is 4.62. The van der Waals surface area contributed by atoms with Gasteiger partial charge in [0.2, 0.25) is 10.0 Å². The maximum Gasteiger partial charge on any atom is 0.244 e. The Hall–Kier alpha value is -1.76. The lowest BCUT2D eigenvalue weighted by atomic mass is 10.2. The lowest BCUT2D eigenvalue weighted by Gasteiger charge is -2.18. The van der Waals surface area contributed by atoms with E-state index in [2.05, 4.69) is 0 Å². The SMILES string of the molecule is CN(Cc1ccc(O)cc1)S(=O)(=O)c1cc(N)ccc1Cl. The topological polar surface area (TPSA) is 83.6 Å². The summed E-state index contributed by atoms with van der Waals surface area (Å²) in [6.45, 7) is 0.160. The number of hydrogen-bond acceptors (Lipinski definition) is 4. The minimum absolute atomic E-state index is 0.0227. The molecule has 112 valence electrons. The predicted octanol–water partition coefficient (Wildman–Crippen LogP) is 2.45. The van der Waals surface area contributed by atoms with E-state index in [-0.39, 0.29) is 22.2 Å². The van der Waals surface area contributed by atoms with Gasteiger partial charge in [-0.05, 0) is 35.9 Å². The van der Waals surface area contributed by atoms with E-state index in [1.807, 2.05) is 0 Å². The van der Waals surface area contributed by atoms with Gasteiger partial charge in [0.1, 0.15) is 10.6 Å². The standard InChI is InChI=1S/C14H15ClN2O3S/c1-17(9-10-2-5-12(18)6-3-10)21(19,20)14-8-11(16)4-7-13(14)15/h2-8,18H,9,16H2,1H3. The van der Waals surface area contributed by atoms with Crippen molar-refractivity contribution >= 4 is 27.3 Å². The fourth-order valence-electron chi connectivity index (χ4n) is 1.83. The number of nitrogens with zero attached hydrogens (tertiary/aromatic N) is 1. The molecule has 2 rings (SSSR count). The zero-order valence-corrected chi connectivity index (χ0v) is 12.9. The lowest BCUT2D eigenvalue weighted by molar-refractivity contribution is 0.463. The number of anilines is 1. The molecule has 0 saturated heterocycles. The molecule has 5 nitrogen and oxygen atoms in total. The summed E-state index contributed by atoms with van der Waals surface area (Å²) in [6.07, 6.45) is 0. The van der Waals surface area contributed by atoms with Crippen LogP contribution in [0.1, 0.15) is 5.56 Å². The number of phenols is 1. The molecule has 3 N–H and O–H groups in total. The van der Waals surface area contributed by atoms with Gasteiger partial charge in [-0.1, -0.05) is 23.7 Å². The second kappa shape index (κ2) is 5.93. The van der Waals surface area contributed by atoms with Crippen LogP contribution in [0.3, 0.4) is 0 Å². The van der Waals surface area contributed by atoms with E-state index in [1.165, 1.54) is 35.6 Å². The lowest BCUT2D eigenvalue weighted by Crippen LogP contribution is -2.26. The van der Waals surface area contributed by atoms with Gasteiger partial charge in [0.25, 0.3) is 0 Å². The van der Waals surface area contributed by atoms with Gasteiger partial charge in [0.05, 0.1) is 5.02 Å². The average molecular weight is 327 g/mol. The Kier molecular flexibility index (Phi) is 4.41. The Bertz CT molecular complexity index is 745. The first-order valence-electron chi connectivity index (χ1n) is 6.10. The van der Waals surface area contributed by atoms with Gasteiger partial charge in [-0.3, -0.25) is 0 Å². The first-order chi connectivity index (χ1) is 9.80. The van der Waals surface area contributed by atoms with Crippen molar-refractivity contribution in [3.8, 4) is 5.75 Å². The van der Waals surface area contributed by atoms with Crippen molar-refractivity contribution in [3.63, 3.8) is 0 Å². The number of aromatic hydroxyl groups is 1. The highest BCUT2D eigenvalue weighted by Gasteiger charge is 2.24. The van der Waals surface area contributed by atoms with E-state index in [0.717, 1.165) is 5.56 Å². The van der Waals surface area contributed by atoms with Gasteiger partial charge in [-0.25, -0.2) is 8.42 Å². The summed E-state index contributed by atoms with van der Waals surface area (Å²) in [5.41, 5.74) is 6.70. The Morgan fingerprint density at radius 2 is 1.81 bits per heavy atom. The normalized spacial score (nSPS) is 11.8. The van der Waals surface area contributed by atoms with Crippen LogP contribution in [0.5, 0.6) is 5.75 Å². The molecule has 0 fully saturated rings. The fourth-order valence-corrected chi connectivity index (χ4v) is 3.49. The highest BCUT2D eigenvalue weighted by Crippen LogP contribution is 2.27. The molecule has 0 unspecified atom stereocenters. The molecule has 0 saturated carbocycles. The predicted molar refractivity (Wildman–Crippen MR) is 82.6 cm³/mol. The van der Waals surface area contributed by atoms with E-state index in [1.54, 1.807) is 18.2 Å². The largest absolute Gasteiger partial charge is 0.508 e. The number of benzene rings is 2.